The van der Waals surface area contributed by atoms with Crippen LogP contribution in [0.2, 0.25) is 0 Å². The summed E-state index contributed by atoms with van der Waals surface area (Å²) in [6, 6.07) is 9.22. The Morgan fingerprint density at radius 2 is 2.07 bits per heavy atom. The third-order valence-electron chi connectivity index (χ3n) is 2.21. The van der Waals surface area contributed by atoms with Gasteiger partial charge in [0.2, 0.25) is 0 Å². The van der Waals surface area contributed by atoms with E-state index in [9.17, 15) is 4.79 Å². The van der Waals surface area contributed by atoms with Crippen LogP contribution in [0.25, 0.3) is 0 Å². The fourth-order valence-corrected chi connectivity index (χ4v) is 1.36. The van der Waals surface area contributed by atoms with E-state index in [2.05, 4.69) is 5.92 Å². The summed E-state index contributed by atoms with van der Waals surface area (Å²) in [6.07, 6.45) is 5.38. The largest absolute Gasteiger partial charge is 0.480 e. The number of carbonyl (C=O) groups is 1. The van der Waals surface area contributed by atoms with Crippen molar-refractivity contribution >= 4 is 5.97 Å². The van der Waals surface area contributed by atoms with Gasteiger partial charge in [-0.15, -0.1) is 12.3 Å². The van der Waals surface area contributed by atoms with Crippen molar-refractivity contribution in [3.05, 3.63) is 35.9 Å². The molecule has 3 heteroatoms. The van der Waals surface area contributed by atoms with Crippen LogP contribution in [0, 0.1) is 12.3 Å². The summed E-state index contributed by atoms with van der Waals surface area (Å²) in [5, 5.41) is 9.00. The Bertz CT molecular complexity index is 380. The molecule has 0 aliphatic carbocycles. The van der Waals surface area contributed by atoms with Gasteiger partial charge in [0.25, 0.3) is 0 Å². The lowest BCUT2D eigenvalue weighted by Crippen LogP contribution is -2.49. The van der Waals surface area contributed by atoms with Crippen LogP contribution >= 0.6 is 0 Å². The third-order valence-corrected chi connectivity index (χ3v) is 2.21. The topological polar surface area (TPSA) is 63.3 Å². The highest BCUT2D eigenvalue weighted by Gasteiger charge is 2.33. The molecular weight excluding hydrogens is 190 g/mol. The number of carboxylic acid groups (broad SMARTS) is 1. The second-order valence-corrected chi connectivity index (χ2v) is 3.50. The molecule has 1 atom stereocenters. The minimum absolute atomic E-state index is 0.0250. The average Bonchev–Trinajstić information content (AvgIpc) is 2.19. The van der Waals surface area contributed by atoms with Gasteiger partial charge in [0.1, 0.15) is 5.54 Å². The van der Waals surface area contributed by atoms with Gasteiger partial charge in [0.05, 0.1) is 0 Å². The van der Waals surface area contributed by atoms with E-state index in [-0.39, 0.29) is 12.8 Å². The highest BCUT2D eigenvalue weighted by molar-refractivity contribution is 5.79. The second kappa shape index (κ2) is 4.63. The molecule has 0 radical (unpaired) electrons. The van der Waals surface area contributed by atoms with Crippen LogP contribution in [-0.4, -0.2) is 16.6 Å². The number of nitrogens with two attached hydrogens (primary N) is 1. The number of terminal acetylenes is 1. The van der Waals surface area contributed by atoms with Crippen molar-refractivity contribution in [3.8, 4) is 12.3 Å². The minimum atomic E-state index is -1.36. The van der Waals surface area contributed by atoms with E-state index in [1.807, 2.05) is 30.3 Å². The Labute approximate surface area is 88.9 Å². The minimum Gasteiger partial charge on any atom is -0.480 e. The molecule has 0 saturated carbocycles. The van der Waals surface area contributed by atoms with Crippen molar-refractivity contribution in [2.24, 2.45) is 5.73 Å². The maximum absolute atomic E-state index is 11.0. The predicted octanol–water partition coefficient (Wildman–Crippen LogP) is 1.03. The molecule has 3 N–H and O–H groups in total. The molecule has 15 heavy (non-hydrogen) atoms. The summed E-state index contributed by atoms with van der Waals surface area (Å²) in [5.41, 5.74) is 5.25. The Morgan fingerprint density at radius 3 is 2.53 bits per heavy atom. The monoisotopic (exact) mass is 203 g/mol. The van der Waals surface area contributed by atoms with Crippen LogP contribution in [0.1, 0.15) is 12.0 Å². The van der Waals surface area contributed by atoms with Gasteiger partial charge in [0, 0.05) is 12.8 Å². The van der Waals surface area contributed by atoms with Crippen LogP contribution in [0.5, 0.6) is 0 Å². The van der Waals surface area contributed by atoms with E-state index >= 15 is 0 Å². The Balaban J connectivity index is 2.86. The van der Waals surface area contributed by atoms with Crippen LogP contribution in [0.4, 0.5) is 0 Å². The molecule has 78 valence electrons. The SMILES string of the molecule is C#CC[C@@](N)(Cc1ccccc1)C(=O)O. The van der Waals surface area contributed by atoms with Crippen LogP contribution in [0.15, 0.2) is 30.3 Å². The number of aliphatic carboxylic acids is 1. The molecule has 0 saturated heterocycles. The molecule has 0 spiro atoms. The first-order valence-corrected chi connectivity index (χ1v) is 4.58. The summed E-state index contributed by atoms with van der Waals surface area (Å²) in [4.78, 5) is 11.0. The van der Waals surface area contributed by atoms with Gasteiger partial charge in [0.15, 0.2) is 0 Å². The lowest BCUT2D eigenvalue weighted by Gasteiger charge is -2.22. The van der Waals surface area contributed by atoms with E-state index in [0.29, 0.717) is 0 Å². The van der Waals surface area contributed by atoms with Gasteiger partial charge in [-0.2, -0.15) is 0 Å². The first-order chi connectivity index (χ1) is 7.08. The molecule has 1 aromatic carbocycles. The standard InChI is InChI=1S/C12H13NO2/c1-2-8-12(13,11(14)15)9-10-6-4-3-5-7-10/h1,3-7H,8-9,13H2,(H,14,15)/t12-/m1/s1. The van der Waals surface area contributed by atoms with Crippen molar-refractivity contribution in [2.75, 3.05) is 0 Å². The number of rotatable bonds is 4. The zero-order chi connectivity index (χ0) is 11.3. The lowest BCUT2D eigenvalue weighted by atomic mass is 9.89. The third kappa shape index (κ3) is 2.83. The number of benzene rings is 1. The molecule has 3 nitrogen and oxygen atoms in total. The molecular formula is C12H13NO2. The summed E-state index contributed by atoms with van der Waals surface area (Å²) in [7, 11) is 0. The average molecular weight is 203 g/mol. The molecule has 0 bridgehead atoms. The molecule has 0 fully saturated rings. The van der Waals surface area contributed by atoms with Gasteiger partial charge in [-0.1, -0.05) is 30.3 Å². The van der Waals surface area contributed by atoms with Crippen LogP contribution in [0.3, 0.4) is 0 Å². The fraction of sp³-hybridized carbons (Fsp3) is 0.250. The highest BCUT2D eigenvalue weighted by Crippen LogP contribution is 2.14. The van der Waals surface area contributed by atoms with Crippen LogP contribution < -0.4 is 5.73 Å². The van der Waals surface area contributed by atoms with Crippen molar-refractivity contribution in [1.29, 1.82) is 0 Å². The normalized spacial score (nSPS) is 13.9. The van der Waals surface area contributed by atoms with Crippen LogP contribution in [-0.2, 0) is 11.2 Å². The fourth-order valence-electron chi connectivity index (χ4n) is 1.36. The predicted molar refractivity (Wildman–Crippen MR) is 58.2 cm³/mol. The highest BCUT2D eigenvalue weighted by atomic mass is 16.4. The zero-order valence-electron chi connectivity index (χ0n) is 8.31. The summed E-state index contributed by atoms with van der Waals surface area (Å²) < 4.78 is 0. The van der Waals surface area contributed by atoms with Gasteiger partial charge in [-0.3, -0.25) is 4.79 Å². The zero-order valence-corrected chi connectivity index (χ0v) is 8.31. The van der Waals surface area contributed by atoms with E-state index < -0.39 is 11.5 Å². The maximum atomic E-state index is 11.0. The Morgan fingerprint density at radius 1 is 1.47 bits per heavy atom. The van der Waals surface area contributed by atoms with Crippen molar-refractivity contribution < 1.29 is 9.90 Å². The number of hydrogen-bond acceptors (Lipinski definition) is 2. The number of hydrogen-bond donors (Lipinski definition) is 2. The van der Waals surface area contributed by atoms with Gasteiger partial charge in [-0.25, -0.2) is 0 Å². The molecule has 0 aromatic heterocycles. The lowest BCUT2D eigenvalue weighted by molar-refractivity contribution is -0.143. The summed E-state index contributed by atoms with van der Waals surface area (Å²) in [6.45, 7) is 0. The summed E-state index contributed by atoms with van der Waals surface area (Å²) in [5.74, 6) is 1.24. The Hall–Kier alpha value is -1.79. The van der Waals surface area contributed by atoms with Crippen molar-refractivity contribution in [1.82, 2.24) is 0 Å². The molecule has 0 aliphatic heterocycles. The van der Waals surface area contributed by atoms with Gasteiger partial charge >= 0.3 is 5.97 Å². The first-order valence-electron chi connectivity index (χ1n) is 4.58. The van der Waals surface area contributed by atoms with Crippen molar-refractivity contribution in [2.45, 2.75) is 18.4 Å². The van der Waals surface area contributed by atoms with Gasteiger partial charge < -0.3 is 10.8 Å². The second-order valence-electron chi connectivity index (χ2n) is 3.50. The number of carboxylic acids is 1. The molecule has 1 rings (SSSR count). The van der Waals surface area contributed by atoms with E-state index in [1.54, 1.807) is 0 Å². The molecule has 1 aromatic rings. The van der Waals surface area contributed by atoms with E-state index in [0.717, 1.165) is 5.56 Å². The molecule has 0 aliphatic rings. The Kier molecular flexibility index (Phi) is 3.48. The smallest absolute Gasteiger partial charge is 0.325 e. The molecule has 0 heterocycles. The van der Waals surface area contributed by atoms with Gasteiger partial charge in [-0.05, 0) is 5.56 Å². The maximum Gasteiger partial charge on any atom is 0.325 e. The first kappa shape index (κ1) is 11.3. The van der Waals surface area contributed by atoms with Crippen molar-refractivity contribution in [3.63, 3.8) is 0 Å². The summed E-state index contributed by atoms with van der Waals surface area (Å²) >= 11 is 0. The van der Waals surface area contributed by atoms with E-state index in [4.69, 9.17) is 17.3 Å². The molecule has 0 amide bonds. The molecule has 0 unspecified atom stereocenters. The quantitative estimate of drug-likeness (QED) is 0.718. The van der Waals surface area contributed by atoms with E-state index in [1.165, 1.54) is 0 Å².